The van der Waals surface area contributed by atoms with Crippen LogP contribution in [0.2, 0.25) is 0 Å². The van der Waals surface area contributed by atoms with Gasteiger partial charge in [-0.1, -0.05) is 12.1 Å². The van der Waals surface area contributed by atoms with Crippen molar-refractivity contribution in [3.05, 3.63) is 70.7 Å². The van der Waals surface area contributed by atoms with Gasteiger partial charge in [-0.05, 0) is 42.7 Å². The first kappa shape index (κ1) is 22.5. The van der Waals surface area contributed by atoms with Gasteiger partial charge in [0, 0.05) is 6.20 Å². The monoisotopic (exact) mass is 459 g/mol. The highest BCUT2D eigenvalue weighted by atomic mass is 19.4. The van der Waals surface area contributed by atoms with Gasteiger partial charge in [0.1, 0.15) is 11.5 Å². The van der Waals surface area contributed by atoms with Crippen LogP contribution in [0, 0.1) is 0 Å². The number of halogens is 3. The van der Waals surface area contributed by atoms with Gasteiger partial charge >= 0.3 is 6.18 Å². The van der Waals surface area contributed by atoms with Crippen LogP contribution in [0.15, 0.2) is 42.7 Å². The molecule has 3 heterocycles. The van der Waals surface area contributed by atoms with Crippen LogP contribution < -0.4 is 11.1 Å². The fourth-order valence-electron chi connectivity index (χ4n) is 4.01. The van der Waals surface area contributed by atoms with Crippen molar-refractivity contribution in [3.63, 3.8) is 0 Å². The topological polar surface area (TPSA) is 123 Å². The predicted octanol–water partition coefficient (Wildman–Crippen LogP) is 3.55. The number of amides is 1. The van der Waals surface area contributed by atoms with E-state index in [4.69, 9.17) is 5.73 Å². The summed E-state index contributed by atoms with van der Waals surface area (Å²) in [7, 11) is 0. The third-order valence-corrected chi connectivity index (χ3v) is 5.64. The van der Waals surface area contributed by atoms with Crippen molar-refractivity contribution in [1.29, 1.82) is 0 Å². The summed E-state index contributed by atoms with van der Waals surface area (Å²) in [4.78, 5) is 29.8. The maximum Gasteiger partial charge on any atom is 0.416 e. The standard InChI is InChI=1S/C22H20F3N5O3/c1-11-6-15(12-2-4-16(22(23,24)25)14(7-12)10-31)20(32)19-17(9-28-30(11)19)29-21(33)13-3-5-18(26)27-8-13/h2-5,7-9,11,15,31H,6,10H2,1H3,(H2,26,27)(H,29,33)/t11-,15?/m0/s1. The van der Waals surface area contributed by atoms with Gasteiger partial charge in [-0.25, -0.2) is 4.98 Å². The summed E-state index contributed by atoms with van der Waals surface area (Å²) >= 11 is 0. The second kappa shape index (κ2) is 8.32. The van der Waals surface area contributed by atoms with Crippen LogP contribution in [0.3, 0.4) is 0 Å². The van der Waals surface area contributed by atoms with Crippen molar-refractivity contribution in [2.45, 2.75) is 38.1 Å². The molecule has 4 rings (SSSR count). The molecule has 1 aromatic carbocycles. The summed E-state index contributed by atoms with van der Waals surface area (Å²) in [6.45, 7) is 1.01. The van der Waals surface area contributed by atoms with Crippen molar-refractivity contribution < 1.29 is 27.9 Å². The van der Waals surface area contributed by atoms with Crippen molar-refractivity contribution >= 4 is 23.2 Å². The molecule has 8 nitrogen and oxygen atoms in total. The van der Waals surface area contributed by atoms with Crippen LogP contribution in [-0.4, -0.2) is 31.6 Å². The third kappa shape index (κ3) is 4.19. The van der Waals surface area contributed by atoms with Crippen molar-refractivity contribution in [2.75, 3.05) is 11.1 Å². The van der Waals surface area contributed by atoms with E-state index < -0.39 is 30.2 Å². The number of pyridine rings is 1. The molecule has 1 aliphatic heterocycles. The Balaban J connectivity index is 1.66. The zero-order valence-electron chi connectivity index (χ0n) is 17.4. The van der Waals surface area contributed by atoms with Crippen molar-refractivity contribution in [2.24, 2.45) is 0 Å². The number of rotatable bonds is 4. The zero-order valence-corrected chi connectivity index (χ0v) is 17.4. The van der Waals surface area contributed by atoms with E-state index in [1.807, 2.05) is 6.92 Å². The Labute approximate surface area is 186 Å². The van der Waals surface area contributed by atoms with E-state index in [1.165, 1.54) is 41.3 Å². The molecule has 0 aliphatic carbocycles. The number of Topliss-reactive ketones (excluding diaryl/α,β-unsaturated/α-hetero) is 1. The lowest BCUT2D eigenvalue weighted by molar-refractivity contribution is -0.138. The van der Waals surface area contributed by atoms with Gasteiger partial charge in [-0.15, -0.1) is 0 Å². The SMILES string of the molecule is C[C@H]1CC(c2ccc(C(F)(F)F)c(CO)c2)C(=O)c2c(NC(=O)c3ccc(N)nc3)cnn21. The van der Waals surface area contributed by atoms with Crippen molar-refractivity contribution in [3.8, 4) is 0 Å². The minimum Gasteiger partial charge on any atom is -0.392 e. The number of carbonyl (C=O) groups excluding carboxylic acids is 2. The molecule has 0 saturated heterocycles. The number of ketones is 1. The maximum atomic E-state index is 13.4. The lowest BCUT2D eigenvalue weighted by atomic mass is 9.83. The summed E-state index contributed by atoms with van der Waals surface area (Å²) in [6, 6.07) is 6.03. The van der Waals surface area contributed by atoms with Crippen LogP contribution >= 0.6 is 0 Å². The Kier molecular flexibility index (Phi) is 5.66. The minimum atomic E-state index is -4.62. The molecule has 2 aromatic heterocycles. The molecule has 0 spiro atoms. The first-order valence-electron chi connectivity index (χ1n) is 10.1. The number of alkyl halides is 3. The van der Waals surface area contributed by atoms with E-state index in [0.717, 1.165) is 6.07 Å². The second-order valence-electron chi connectivity index (χ2n) is 7.85. The molecule has 33 heavy (non-hydrogen) atoms. The van der Waals surface area contributed by atoms with Crippen molar-refractivity contribution in [1.82, 2.24) is 14.8 Å². The molecule has 1 aliphatic rings. The van der Waals surface area contributed by atoms with Gasteiger partial charge in [0.15, 0.2) is 5.78 Å². The number of aromatic nitrogens is 3. The van der Waals surface area contributed by atoms with Gasteiger partial charge in [0.25, 0.3) is 5.91 Å². The number of hydrogen-bond donors (Lipinski definition) is 3. The summed E-state index contributed by atoms with van der Waals surface area (Å²) in [5.74, 6) is -1.41. The number of benzene rings is 1. The van der Waals surface area contributed by atoms with E-state index >= 15 is 0 Å². The number of nitrogens with one attached hydrogen (secondary N) is 1. The zero-order chi connectivity index (χ0) is 23.9. The molecule has 11 heteroatoms. The maximum absolute atomic E-state index is 13.4. The highest BCUT2D eigenvalue weighted by Crippen LogP contribution is 2.40. The molecule has 1 amide bonds. The third-order valence-electron chi connectivity index (χ3n) is 5.64. The number of nitrogens with zero attached hydrogens (tertiary/aromatic N) is 3. The highest BCUT2D eigenvalue weighted by Gasteiger charge is 2.38. The van der Waals surface area contributed by atoms with E-state index in [2.05, 4.69) is 15.4 Å². The number of aliphatic hydroxyl groups is 1. The summed E-state index contributed by atoms with van der Waals surface area (Å²) in [5, 5.41) is 16.3. The number of carbonyl (C=O) groups is 2. The Morgan fingerprint density at radius 2 is 2.03 bits per heavy atom. The Morgan fingerprint density at radius 1 is 1.27 bits per heavy atom. The van der Waals surface area contributed by atoms with Crippen LogP contribution in [-0.2, 0) is 12.8 Å². The van der Waals surface area contributed by atoms with Gasteiger partial charge in [0.2, 0.25) is 0 Å². The Bertz CT molecular complexity index is 1220. The van der Waals surface area contributed by atoms with Crippen LogP contribution in [0.4, 0.5) is 24.7 Å². The Hall–Kier alpha value is -3.73. The largest absolute Gasteiger partial charge is 0.416 e. The molecule has 1 unspecified atom stereocenters. The van der Waals surface area contributed by atoms with Gasteiger partial charge < -0.3 is 16.2 Å². The fraction of sp³-hybridized carbons (Fsp3) is 0.273. The molecular formula is C22H20F3N5O3. The van der Waals surface area contributed by atoms with E-state index in [0.29, 0.717) is 12.0 Å². The summed E-state index contributed by atoms with van der Waals surface area (Å²) in [5.41, 5.74) is 5.21. The molecule has 172 valence electrons. The average molecular weight is 459 g/mol. The minimum absolute atomic E-state index is 0.154. The lowest BCUT2D eigenvalue weighted by Crippen LogP contribution is -2.29. The van der Waals surface area contributed by atoms with Crippen LogP contribution in [0.1, 0.15) is 62.8 Å². The number of aliphatic hydroxyl groups excluding tert-OH is 1. The van der Waals surface area contributed by atoms with Crippen LogP contribution in [0.5, 0.6) is 0 Å². The van der Waals surface area contributed by atoms with E-state index in [-0.39, 0.29) is 40.2 Å². The number of fused-ring (bicyclic) bond motifs is 1. The van der Waals surface area contributed by atoms with E-state index in [9.17, 15) is 27.9 Å². The van der Waals surface area contributed by atoms with E-state index in [1.54, 1.807) is 0 Å². The molecule has 0 saturated carbocycles. The predicted molar refractivity (Wildman–Crippen MR) is 113 cm³/mol. The summed E-state index contributed by atoms with van der Waals surface area (Å²) in [6.07, 6.45) is -1.65. The number of nitrogens with two attached hydrogens (primary N) is 1. The number of hydrogen-bond acceptors (Lipinski definition) is 6. The number of nitrogen functional groups attached to an aromatic ring is 1. The molecule has 3 aromatic rings. The molecule has 4 N–H and O–H groups in total. The molecular weight excluding hydrogens is 439 g/mol. The van der Waals surface area contributed by atoms with Crippen LogP contribution in [0.25, 0.3) is 0 Å². The fourth-order valence-corrected chi connectivity index (χ4v) is 4.01. The van der Waals surface area contributed by atoms with Gasteiger partial charge in [-0.3, -0.25) is 14.3 Å². The smallest absolute Gasteiger partial charge is 0.392 e. The quantitative estimate of drug-likeness (QED) is 0.548. The average Bonchev–Trinajstić information content (AvgIpc) is 3.20. The number of anilines is 2. The molecule has 0 fully saturated rings. The molecule has 0 bridgehead atoms. The lowest BCUT2D eigenvalue weighted by Gasteiger charge is -2.29. The van der Waals surface area contributed by atoms with Gasteiger partial charge in [0.05, 0.1) is 41.6 Å². The summed E-state index contributed by atoms with van der Waals surface area (Å²) < 4.78 is 41.1. The van der Waals surface area contributed by atoms with Gasteiger partial charge in [-0.2, -0.15) is 18.3 Å². The molecule has 2 atom stereocenters. The Morgan fingerprint density at radius 3 is 2.67 bits per heavy atom. The second-order valence-corrected chi connectivity index (χ2v) is 7.85. The highest BCUT2D eigenvalue weighted by molar-refractivity contribution is 6.10. The normalized spacial score (nSPS) is 18.2. The first-order chi connectivity index (χ1) is 15.6. The molecule has 0 radical (unpaired) electrons. The first-order valence-corrected chi connectivity index (χ1v) is 10.1.